The van der Waals surface area contributed by atoms with Crippen molar-refractivity contribution in [2.45, 2.75) is 6.18 Å². The predicted molar refractivity (Wildman–Crippen MR) is 295 cm³/mol. The van der Waals surface area contributed by atoms with Crippen LogP contribution in [0.5, 0.6) is 0 Å². The minimum atomic E-state index is -4.41. The Kier molecular flexibility index (Phi) is 10.3. The standard InChI is InChI=1S/C67H43F3N2/c68-67(69,70)52-32-25-45(26-33-52)51-31-39-63-61(42-51)62-43-56(38-40-64(62)72(63)53-17-5-2-6-18-53)71(54-34-27-46(28-35-54)50-24-23-44-13-7-8-16-49(44)41-50)55-36-29-48(30-37-55)66-59-21-11-9-19-57(59)65(47-14-3-1-4-15-47)58-20-10-12-22-60(58)66/h1-43H. The number of benzene rings is 12. The Balaban J connectivity index is 0.985. The first-order chi connectivity index (χ1) is 35.3. The van der Waals surface area contributed by atoms with Crippen LogP contribution in [0, 0.1) is 0 Å². The van der Waals surface area contributed by atoms with Gasteiger partial charge in [-0.1, -0.05) is 176 Å². The van der Waals surface area contributed by atoms with E-state index >= 15 is 0 Å². The monoisotopic (exact) mass is 932 g/mol. The van der Waals surface area contributed by atoms with Crippen LogP contribution >= 0.6 is 0 Å². The van der Waals surface area contributed by atoms with Gasteiger partial charge in [0.05, 0.1) is 16.6 Å². The Morgan fingerprint density at radius 2 is 0.708 bits per heavy atom. The molecule has 0 aliphatic carbocycles. The van der Waals surface area contributed by atoms with Crippen LogP contribution in [-0.2, 0) is 6.18 Å². The van der Waals surface area contributed by atoms with Crippen LogP contribution in [0.3, 0.4) is 0 Å². The van der Waals surface area contributed by atoms with Crippen LogP contribution in [0.4, 0.5) is 30.2 Å². The molecule has 0 saturated heterocycles. The molecule has 1 aromatic heterocycles. The first-order valence-corrected chi connectivity index (χ1v) is 24.1. The van der Waals surface area contributed by atoms with Crippen molar-refractivity contribution in [2.24, 2.45) is 0 Å². The number of aromatic nitrogens is 1. The van der Waals surface area contributed by atoms with Crippen molar-refractivity contribution in [1.29, 1.82) is 0 Å². The van der Waals surface area contributed by atoms with E-state index in [4.69, 9.17) is 0 Å². The van der Waals surface area contributed by atoms with Crippen molar-refractivity contribution in [3.05, 3.63) is 266 Å². The van der Waals surface area contributed by atoms with Gasteiger partial charge < -0.3 is 9.47 Å². The predicted octanol–water partition coefficient (Wildman–Crippen LogP) is 19.4. The molecule has 5 heteroatoms. The second-order valence-corrected chi connectivity index (χ2v) is 18.4. The zero-order valence-electron chi connectivity index (χ0n) is 38.9. The maximum Gasteiger partial charge on any atom is 0.416 e. The molecule has 0 spiro atoms. The summed E-state index contributed by atoms with van der Waals surface area (Å²) in [6.07, 6.45) is -4.41. The van der Waals surface area contributed by atoms with Crippen molar-refractivity contribution in [2.75, 3.05) is 4.90 Å². The Labute approximate surface area is 414 Å². The molecule has 342 valence electrons. The van der Waals surface area contributed by atoms with Gasteiger partial charge in [-0.2, -0.15) is 13.2 Å². The van der Waals surface area contributed by atoms with Crippen LogP contribution in [0.15, 0.2) is 261 Å². The summed E-state index contributed by atoms with van der Waals surface area (Å²) in [5.41, 5.74) is 13.9. The van der Waals surface area contributed by atoms with Gasteiger partial charge >= 0.3 is 6.18 Å². The molecule has 0 unspecified atom stereocenters. The minimum absolute atomic E-state index is 0.668. The minimum Gasteiger partial charge on any atom is -0.310 e. The highest BCUT2D eigenvalue weighted by Gasteiger charge is 2.30. The summed E-state index contributed by atoms with van der Waals surface area (Å²) in [7, 11) is 0. The number of rotatable bonds is 8. The normalized spacial score (nSPS) is 11.8. The van der Waals surface area contributed by atoms with Crippen LogP contribution in [0.2, 0.25) is 0 Å². The molecule has 0 radical (unpaired) electrons. The van der Waals surface area contributed by atoms with Gasteiger partial charge in [-0.15, -0.1) is 0 Å². The fraction of sp³-hybridized carbons (Fsp3) is 0.0149. The van der Waals surface area contributed by atoms with Gasteiger partial charge in [0.25, 0.3) is 0 Å². The zero-order chi connectivity index (χ0) is 48.3. The molecule has 72 heavy (non-hydrogen) atoms. The number of hydrogen-bond acceptors (Lipinski definition) is 1. The summed E-state index contributed by atoms with van der Waals surface area (Å²) in [6.45, 7) is 0. The highest BCUT2D eigenvalue weighted by molar-refractivity contribution is 6.21. The van der Waals surface area contributed by atoms with Crippen molar-refractivity contribution in [1.82, 2.24) is 4.57 Å². The van der Waals surface area contributed by atoms with E-state index in [1.54, 1.807) is 12.1 Å². The highest BCUT2D eigenvalue weighted by Crippen LogP contribution is 2.46. The van der Waals surface area contributed by atoms with Gasteiger partial charge in [0.1, 0.15) is 0 Å². The fourth-order valence-electron chi connectivity index (χ4n) is 10.8. The van der Waals surface area contributed by atoms with Crippen molar-refractivity contribution < 1.29 is 13.2 Å². The topological polar surface area (TPSA) is 8.17 Å². The molecule has 0 bridgehead atoms. The van der Waals surface area contributed by atoms with E-state index in [1.807, 2.05) is 24.3 Å². The second-order valence-electron chi connectivity index (χ2n) is 18.4. The van der Waals surface area contributed by atoms with E-state index in [9.17, 15) is 13.2 Å². The smallest absolute Gasteiger partial charge is 0.310 e. The van der Waals surface area contributed by atoms with E-state index in [0.29, 0.717) is 5.56 Å². The van der Waals surface area contributed by atoms with Crippen molar-refractivity contribution in [3.8, 4) is 50.2 Å². The molecule has 0 saturated carbocycles. The third-order valence-electron chi connectivity index (χ3n) is 14.2. The zero-order valence-corrected chi connectivity index (χ0v) is 38.9. The average molecular weight is 933 g/mol. The molecule has 0 fully saturated rings. The molecule has 2 nitrogen and oxygen atoms in total. The summed E-state index contributed by atoms with van der Waals surface area (Å²) in [5, 5.41) is 9.22. The number of para-hydroxylation sites is 1. The lowest BCUT2D eigenvalue weighted by Crippen LogP contribution is -2.10. The quantitative estimate of drug-likeness (QED) is 0.138. The molecular weight excluding hydrogens is 890 g/mol. The largest absolute Gasteiger partial charge is 0.416 e. The third-order valence-corrected chi connectivity index (χ3v) is 14.2. The lowest BCUT2D eigenvalue weighted by molar-refractivity contribution is -0.137. The van der Waals surface area contributed by atoms with E-state index in [-0.39, 0.29) is 0 Å². The molecule has 13 rings (SSSR count). The lowest BCUT2D eigenvalue weighted by Gasteiger charge is -2.26. The molecule has 0 amide bonds. The number of alkyl halides is 3. The molecule has 13 aromatic rings. The Morgan fingerprint density at radius 1 is 0.292 bits per heavy atom. The molecular formula is C67H43F3N2. The van der Waals surface area contributed by atoms with Crippen LogP contribution < -0.4 is 4.90 Å². The second kappa shape index (κ2) is 17.3. The number of fused-ring (bicyclic) bond motifs is 6. The van der Waals surface area contributed by atoms with Crippen molar-refractivity contribution >= 4 is 71.2 Å². The highest BCUT2D eigenvalue weighted by atomic mass is 19.4. The first-order valence-electron chi connectivity index (χ1n) is 24.1. The van der Waals surface area contributed by atoms with E-state index in [2.05, 4.69) is 222 Å². The molecule has 12 aromatic carbocycles. The van der Waals surface area contributed by atoms with Gasteiger partial charge in [-0.25, -0.2) is 0 Å². The van der Waals surface area contributed by atoms with E-state index in [0.717, 1.165) is 78.9 Å². The Bertz CT molecular complexity index is 4100. The van der Waals surface area contributed by atoms with E-state index in [1.165, 1.54) is 49.0 Å². The Morgan fingerprint density at radius 3 is 1.29 bits per heavy atom. The molecule has 0 aliphatic rings. The number of anilines is 3. The lowest BCUT2D eigenvalue weighted by atomic mass is 9.86. The number of hydrogen-bond donors (Lipinski definition) is 0. The molecule has 0 N–H and O–H groups in total. The maximum absolute atomic E-state index is 13.6. The van der Waals surface area contributed by atoms with Crippen LogP contribution in [0.1, 0.15) is 5.56 Å². The van der Waals surface area contributed by atoms with Gasteiger partial charge in [0, 0.05) is 33.5 Å². The maximum atomic E-state index is 13.6. The van der Waals surface area contributed by atoms with Gasteiger partial charge in [0.15, 0.2) is 0 Å². The van der Waals surface area contributed by atoms with Crippen LogP contribution in [0.25, 0.3) is 104 Å². The van der Waals surface area contributed by atoms with E-state index < -0.39 is 11.7 Å². The van der Waals surface area contributed by atoms with Crippen molar-refractivity contribution in [3.63, 3.8) is 0 Å². The summed E-state index contributed by atoms with van der Waals surface area (Å²) in [4.78, 5) is 2.31. The summed E-state index contributed by atoms with van der Waals surface area (Å²) < 4.78 is 43.2. The Hall–Kier alpha value is -9.19. The fourth-order valence-corrected chi connectivity index (χ4v) is 10.8. The summed E-state index contributed by atoms with van der Waals surface area (Å²) >= 11 is 0. The molecule has 0 aliphatic heterocycles. The van der Waals surface area contributed by atoms with Gasteiger partial charge in [-0.3, -0.25) is 0 Å². The summed E-state index contributed by atoms with van der Waals surface area (Å²) in [6, 6.07) is 89.4. The molecule has 1 heterocycles. The first kappa shape index (κ1) is 42.9. The number of nitrogens with zero attached hydrogens (tertiary/aromatic N) is 2. The van der Waals surface area contributed by atoms with Gasteiger partial charge in [0.2, 0.25) is 0 Å². The average Bonchev–Trinajstić information content (AvgIpc) is 3.76. The van der Waals surface area contributed by atoms with Gasteiger partial charge in [-0.05, 0) is 162 Å². The third kappa shape index (κ3) is 7.46. The SMILES string of the molecule is FC(F)(F)c1ccc(-c2ccc3c(c2)c2cc(N(c4ccc(-c5ccc6ccccc6c5)cc4)c4ccc(-c5c6ccccc6c(-c6ccccc6)c6ccccc56)cc4)ccc2n3-c2ccccc2)cc1. The number of halogens is 3. The summed E-state index contributed by atoms with van der Waals surface area (Å²) in [5.74, 6) is 0. The molecule has 0 atom stereocenters. The van der Waals surface area contributed by atoms with Crippen LogP contribution in [-0.4, -0.2) is 4.57 Å².